The summed E-state index contributed by atoms with van der Waals surface area (Å²) >= 11 is 0. The van der Waals surface area contributed by atoms with E-state index in [1.54, 1.807) is 42.1 Å². The third kappa shape index (κ3) is 6.15. The molecule has 0 fully saturated rings. The molecular formula is C23H20F3N5O3S. The van der Waals surface area contributed by atoms with Crippen molar-refractivity contribution >= 4 is 15.7 Å². The monoisotopic (exact) mass is 503 g/mol. The number of benzene rings is 2. The zero-order chi connectivity index (χ0) is 25.2. The Morgan fingerprint density at radius 2 is 1.69 bits per heavy atom. The minimum absolute atomic E-state index is 0.230. The van der Waals surface area contributed by atoms with Crippen LogP contribution in [0.4, 0.5) is 18.9 Å². The first kappa shape index (κ1) is 24.2. The van der Waals surface area contributed by atoms with Gasteiger partial charge < -0.3 is 4.74 Å². The Kier molecular flexibility index (Phi) is 6.48. The molecule has 0 radical (unpaired) electrons. The molecule has 0 aliphatic rings. The van der Waals surface area contributed by atoms with Gasteiger partial charge in [0.15, 0.2) is 0 Å². The van der Waals surface area contributed by atoms with Gasteiger partial charge in [-0.3, -0.25) is 9.29 Å². The Balaban J connectivity index is 1.43. The van der Waals surface area contributed by atoms with Gasteiger partial charge in [-0.25, -0.2) is 18.4 Å². The van der Waals surface area contributed by atoms with Gasteiger partial charge in [-0.1, -0.05) is 12.1 Å². The third-order valence-corrected chi connectivity index (χ3v) is 6.12. The van der Waals surface area contributed by atoms with Crippen LogP contribution in [0.25, 0.3) is 5.82 Å². The normalized spacial score (nSPS) is 11.9. The first-order chi connectivity index (χ1) is 16.5. The fraction of sp³-hybridized carbons (Fsp3) is 0.174. The van der Waals surface area contributed by atoms with Crippen molar-refractivity contribution in [3.63, 3.8) is 0 Å². The Morgan fingerprint density at radius 3 is 2.29 bits per heavy atom. The molecule has 182 valence electrons. The molecule has 0 saturated heterocycles. The first-order valence-corrected chi connectivity index (χ1v) is 11.9. The molecule has 0 aliphatic carbocycles. The number of nitrogens with zero attached hydrogens (tertiary/aromatic N) is 4. The summed E-state index contributed by atoms with van der Waals surface area (Å²) in [7, 11) is -3.85. The summed E-state index contributed by atoms with van der Waals surface area (Å²) in [6, 6.07) is 11.8. The lowest BCUT2D eigenvalue weighted by Gasteiger charge is -2.11. The maximum absolute atomic E-state index is 12.7. The number of alkyl halides is 3. The van der Waals surface area contributed by atoms with Crippen molar-refractivity contribution in [2.45, 2.75) is 25.8 Å². The molecule has 2 aromatic heterocycles. The van der Waals surface area contributed by atoms with Gasteiger partial charge in [0.25, 0.3) is 0 Å². The number of rotatable bonds is 7. The smallest absolute Gasteiger partial charge is 0.416 e. The topological polar surface area (TPSA) is 99.0 Å². The number of halogens is 3. The molecule has 0 unspecified atom stereocenters. The van der Waals surface area contributed by atoms with Crippen LogP contribution in [0.2, 0.25) is 0 Å². The van der Waals surface area contributed by atoms with Gasteiger partial charge in [0.05, 0.1) is 11.3 Å². The lowest BCUT2D eigenvalue weighted by Crippen LogP contribution is -2.15. The highest BCUT2D eigenvalue weighted by atomic mass is 32.2. The number of anilines is 1. The van der Waals surface area contributed by atoms with Gasteiger partial charge >= 0.3 is 6.18 Å². The summed E-state index contributed by atoms with van der Waals surface area (Å²) in [5.74, 6) is 2.09. The molecule has 0 amide bonds. The van der Waals surface area contributed by atoms with Crippen molar-refractivity contribution in [1.29, 1.82) is 0 Å². The van der Waals surface area contributed by atoms with Gasteiger partial charge in [0.1, 0.15) is 23.2 Å². The molecule has 12 heteroatoms. The summed E-state index contributed by atoms with van der Waals surface area (Å²) in [5, 5.41) is 0. The standard InChI is InChI=1S/C23H20F3N5O3S/c1-15-28-21(31-12-11-27-16(31)2)13-22(29-15)34-20-9-7-19(8-10-20)30-35(32,33)14-17-3-5-18(6-4-17)23(24,25)26/h3-13,30H,14H2,1-2H3. The Bertz CT molecular complexity index is 1430. The fourth-order valence-corrected chi connectivity index (χ4v) is 4.46. The second kappa shape index (κ2) is 9.37. The van der Waals surface area contributed by atoms with E-state index in [9.17, 15) is 21.6 Å². The molecular weight excluding hydrogens is 483 g/mol. The van der Waals surface area contributed by atoms with E-state index in [-0.39, 0.29) is 11.3 Å². The molecule has 4 rings (SSSR count). The second-order valence-electron chi connectivity index (χ2n) is 7.64. The molecule has 4 aromatic rings. The zero-order valence-electron chi connectivity index (χ0n) is 18.6. The third-order valence-electron chi connectivity index (χ3n) is 4.86. The minimum Gasteiger partial charge on any atom is -0.439 e. The van der Waals surface area contributed by atoms with Gasteiger partial charge in [-0.05, 0) is 55.8 Å². The maximum atomic E-state index is 12.7. The van der Waals surface area contributed by atoms with Crippen molar-refractivity contribution in [3.8, 4) is 17.4 Å². The highest BCUT2D eigenvalue weighted by Gasteiger charge is 2.30. The van der Waals surface area contributed by atoms with Crippen molar-refractivity contribution in [2.75, 3.05) is 4.72 Å². The number of hydrogen-bond acceptors (Lipinski definition) is 6. The van der Waals surface area contributed by atoms with Crippen LogP contribution < -0.4 is 9.46 Å². The highest BCUT2D eigenvalue weighted by Crippen LogP contribution is 2.29. The van der Waals surface area contributed by atoms with Crippen LogP contribution in [-0.4, -0.2) is 27.9 Å². The van der Waals surface area contributed by atoms with Crippen LogP contribution in [0, 0.1) is 13.8 Å². The van der Waals surface area contributed by atoms with E-state index in [2.05, 4.69) is 19.7 Å². The van der Waals surface area contributed by atoms with E-state index in [1.165, 1.54) is 12.1 Å². The van der Waals surface area contributed by atoms with Gasteiger partial charge in [-0.2, -0.15) is 18.2 Å². The summed E-state index contributed by atoms with van der Waals surface area (Å²) in [6.07, 6.45) is -1.05. The maximum Gasteiger partial charge on any atom is 0.416 e. The van der Waals surface area contributed by atoms with E-state index in [0.717, 1.165) is 30.1 Å². The molecule has 35 heavy (non-hydrogen) atoms. The Morgan fingerprint density at radius 1 is 1.00 bits per heavy atom. The molecule has 0 bridgehead atoms. The Labute approximate surface area is 199 Å². The lowest BCUT2D eigenvalue weighted by atomic mass is 10.1. The van der Waals surface area contributed by atoms with Gasteiger partial charge in [0.2, 0.25) is 15.9 Å². The molecule has 0 aliphatic heterocycles. The van der Waals surface area contributed by atoms with Crippen LogP contribution in [0.1, 0.15) is 22.8 Å². The molecule has 0 saturated carbocycles. The van der Waals surface area contributed by atoms with E-state index in [1.807, 2.05) is 6.92 Å². The molecule has 0 atom stereocenters. The van der Waals surface area contributed by atoms with Crippen molar-refractivity contribution < 1.29 is 26.3 Å². The number of sulfonamides is 1. The van der Waals surface area contributed by atoms with Gasteiger partial charge in [-0.15, -0.1) is 0 Å². The quantitative estimate of drug-likeness (QED) is 0.380. The summed E-state index contributed by atoms with van der Waals surface area (Å²) in [6.45, 7) is 3.58. The average Bonchev–Trinajstić information content (AvgIpc) is 3.20. The number of ether oxygens (including phenoxy) is 1. The second-order valence-corrected chi connectivity index (χ2v) is 9.36. The van der Waals surface area contributed by atoms with Crippen molar-refractivity contribution in [3.05, 3.63) is 89.8 Å². The zero-order valence-corrected chi connectivity index (χ0v) is 19.4. The summed E-state index contributed by atoms with van der Waals surface area (Å²) < 4.78 is 73.0. The number of aryl methyl sites for hydroxylation is 2. The molecule has 1 N–H and O–H groups in total. The lowest BCUT2D eigenvalue weighted by molar-refractivity contribution is -0.137. The highest BCUT2D eigenvalue weighted by molar-refractivity contribution is 7.91. The van der Waals surface area contributed by atoms with Crippen LogP contribution in [0.3, 0.4) is 0 Å². The molecule has 8 nitrogen and oxygen atoms in total. The van der Waals surface area contributed by atoms with E-state index in [4.69, 9.17) is 4.74 Å². The minimum atomic E-state index is -4.48. The SMILES string of the molecule is Cc1nc(Oc2ccc(NS(=O)(=O)Cc3ccc(C(F)(F)F)cc3)cc2)cc(-n2ccnc2C)n1. The van der Waals surface area contributed by atoms with E-state index < -0.39 is 27.5 Å². The molecule has 0 spiro atoms. The number of hydrogen-bond donors (Lipinski definition) is 1. The fourth-order valence-electron chi connectivity index (χ4n) is 3.26. The van der Waals surface area contributed by atoms with E-state index in [0.29, 0.717) is 23.3 Å². The Hall–Kier alpha value is -3.93. The number of imidazole rings is 1. The largest absolute Gasteiger partial charge is 0.439 e. The average molecular weight is 504 g/mol. The molecule has 2 aromatic carbocycles. The first-order valence-electron chi connectivity index (χ1n) is 10.3. The van der Waals surface area contributed by atoms with Crippen molar-refractivity contribution in [1.82, 2.24) is 19.5 Å². The number of nitrogens with one attached hydrogen (secondary N) is 1. The van der Waals surface area contributed by atoms with E-state index >= 15 is 0 Å². The van der Waals surface area contributed by atoms with Crippen LogP contribution in [-0.2, 0) is 22.0 Å². The van der Waals surface area contributed by atoms with Crippen molar-refractivity contribution in [2.24, 2.45) is 0 Å². The molecule has 2 heterocycles. The summed E-state index contributed by atoms with van der Waals surface area (Å²) in [5.41, 5.74) is -0.334. The summed E-state index contributed by atoms with van der Waals surface area (Å²) in [4.78, 5) is 12.8. The van der Waals surface area contributed by atoms with Gasteiger partial charge in [0, 0.05) is 24.1 Å². The van der Waals surface area contributed by atoms with Crippen LogP contribution >= 0.6 is 0 Å². The predicted octanol–water partition coefficient (Wildman–Crippen LogP) is 5.03. The predicted molar refractivity (Wildman–Crippen MR) is 123 cm³/mol. The number of aromatic nitrogens is 4. The van der Waals surface area contributed by atoms with Crippen LogP contribution in [0.15, 0.2) is 67.0 Å². The van der Waals surface area contributed by atoms with Crippen LogP contribution in [0.5, 0.6) is 11.6 Å².